The molecule has 0 saturated carbocycles. The largest absolute Gasteiger partial charge is 0.497 e. The second kappa shape index (κ2) is 7.90. The van der Waals surface area contributed by atoms with Gasteiger partial charge in [0.05, 0.1) is 23.7 Å². The molecule has 0 atom stereocenters. The molecule has 1 aromatic heterocycles. The summed E-state index contributed by atoms with van der Waals surface area (Å²) in [5.41, 5.74) is 3.71. The Morgan fingerprint density at radius 3 is 2.43 bits per heavy atom. The highest BCUT2D eigenvalue weighted by atomic mass is 32.2. The number of hydrogen-bond donors (Lipinski definition) is 0. The smallest absolute Gasteiger partial charge is 0.266 e. The van der Waals surface area contributed by atoms with Crippen LogP contribution in [0.3, 0.4) is 0 Å². The summed E-state index contributed by atoms with van der Waals surface area (Å²) in [5, 5.41) is 1.31. The Balaban J connectivity index is 1.80. The number of aryl methyl sites for hydroxylation is 1. The third kappa shape index (κ3) is 3.53. The molecule has 0 radical (unpaired) electrons. The summed E-state index contributed by atoms with van der Waals surface area (Å²) in [5.74, 6) is 1.54. The first-order valence-electron chi connectivity index (χ1n) is 9.01. The van der Waals surface area contributed by atoms with Gasteiger partial charge in [-0.3, -0.25) is 9.36 Å². The second-order valence-electron chi connectivity index (χ2n) is 6.48. The summed E-state index contributed by atoms with van der Waals surface area (Å²) in [6.07, 6.45) is 0. The number of benzene rings is 3. The van der Waals surface area contributed by atoms with Crippen molar-refractivity contribution in [2.24, 2.45) is 0 Å². The monoisotopic (exact) mass is 388 g/mol. The Morgan fingerprint density at radius 1 is 0.964 bits per heavy atom. The van der Waals surface area contributed by atoms with Crippen LogP contribution in [0.25, 0.3) is 16.6 Å². The lowest BCUT2D eigenvalue weighted by Gasteiger charge is -2.15. The number of thioether (sulfide) groups is 1. The van der Waals surface area contributed by atoms with E-state index in [1.54, 1.807) is 23.4 Å². The van der Waals surface area contributed by atoms with Gasteiger partial charge in [0, 0.05) is 5.75 Å². The molecule has 5 heteroatoms. The standard InChI is InChI=1S/C23H20N2O2S/c1-16-7-3-6-10-21(16)25-22(26)19-8-4-5-9-20(19)24-23(25)28-15-17-11-13-18(27-2)14-12-17/h3-14H,15H2,1-2H3. The normalized spacial score (nSPS) is 10.9. The molecule has 0 fully saturated rings. The number of nitrogens with zero attached hydrogens (tertiary/aromatic N) is 2. The van der Waals surface area contributed by atoms with Crippen molar-refractivity contribution in [3.8, 4) is 11.4 Å². The van der Waals surface area contributed by atoms with Gasteiger partial charge in [0.15, 0.2) is 5.16 Å². The number of methoxy groups -OCH3 is 1. The van der Waals surface area contributed by atoms with Crippen molar-refractivity contribution in [1.29, 1.82) is 0 Å². The minimum absolute atomic E-state index is 0.0443. The molecule has 0 saturated heterocycles. The molecular weight excluding hydrogens is 368 g/mol. The third-order valence-electron chi connectivity index (χ3n) is 4.63. The van der Waals surface area contributed by atoms with Crippen LogP contribution in [0.5, 0.6) is 5.75 Å². The van der Waals surface area contributed by atoms with Crippen molar-refractivity contribution in [1.82, 2.24) is 9.55 Å². The fourth-order valence-electron chi connectivity index (χ4n) is 3.11. The fraction of sp³-hybridized carbons (Fsp3) is 0.130. The maximum Gasteiger partial charge on any atom is 0.266 e. The van der Waals surface area contributed by atoms with Gasteiger partial charge >= 0.3 is 0 Å². The molecule has 0 N–H and O–H groups in total. The number of fused-ring (bicyclic) bond motifs is 1. The molecule has 28 heavy (non-hydrogen) atoms. The molecule has 1 heterocycles. The molecule has 140 valence electrons. The van der Waals surface area contributed by atoms with E-state index in [1.165, 1.54) is 0 Å². The maximum absolute atomic E-state index is 13.3. The molecule has 4 rings (SSSR count). The minimum atomic E-state index is -0.0443. The number of aromatic nitrogens is 2. The molecule has 4 aromatic rings. The topological polar surface area (TPSA) is 44.1 Å². The summed E-state index contributed by atoms with van der Waals surface area (Å²) in [6.45, 7) is 2.01. The van der Waals surface area contributed by atoms with E-state index < -0.39 is 0 Å². The number of ether oxygens (including phenoxy) is 1. The first-order chi connectivity index (χ1) is 13.7. The molecule has 0 amide bonds. The average molecular weight is 388 g/mol. The number of para-hydroxylation sites is 2. The van der Waals surface area contributed by atoms with Crippen LogP contribution in [0.4, 0.5) is 0 Å². The van der Waals surface area contributed by atoms with E-state index >= 15 is 0 Å². The Bertz CT molecular complexity index is 1180. The minimum Gasteiger partial charge on any atom is -0.497 e. The van der Waals surface area contributed by atoms with Crippen LogP contribution >= 0.6 is 11.8 Å². The van der Waals surface area contributed by atoms with Crippen LogP contribution in [-0.4, -0.2) is 16.7 Å². The van der Waals surface area contributed by atoms with Gasteiger partial charge in [0.2, 0.25) is 0 Å². The lowest BCUT2D eigenvalue weighted by molar-refractivity contribution is 0.414. The molecular formula is C23H20N2O2S. The highest BCUT2D eigenvalue weighted by molar-refractivity contribution is 7.98. The van der Waals surface area contributed by atoms with E-state index in [-0.39, 0.29) is 5.56 Å². The predicted molar refractivity (Wildman–Crippen MR) is 115 cm³/mol. The van der Waals surface area contributed by atoms with Crippen LogP contribution in [0.2, 0.25) is 0 Å². The van der Waals surface area contributed by atoms with Crippen molar-refractivity contribution in [2.45, 2.75) is 17.8 Å². The summed E-state index contributed by atoms with van der Waals surface area (Å²) >= 11 is 1.56. The van der Waals surface area contributed by atoms with Crippen molar-refractivity contribution >= 4 is 22.7 Å². The zero-order chi connectivity index (χ0) is 19.5. The Kier molecular flexibility index (Phi) is 5.17. The molecule has 0 aliphatic heterocycles. The van der Waals surface area contributed by atoms with Gasteiger partial charge in [-0.1, -0.05) is 54.2 Å². The van der Waals surface area contributed by atoms with E-state index in [1.807, 2.05) is 79.7 Å². The zero-order valence-electron chi connectivity index (χ0n) is 15.8. The van der Waals surface area contributed by atoms with Crippen molar-refractivity contribution in [3.05, 3.63) is 94.3 Å². The molecule has 0 unspecified atom stereocenters. The van der Waals surface area contributed by atoms with Gasteiger partial charge in [-0.2, -0.15) is 0 Å². The average Bonchev–Trinajstić information content (AvgIpc) is 2.73. The lowest BCUT2D eigenvalue weighted by Crippen LogP contribution is -2.22. The van der Waals surface area contributed by atoms with Crippen LogP contribution < -0.4 is 10.3 Å². The first kappa shape index (κ1) is 18.3. The maximum atomic E-state index is 13.3. The van der Waals surface area contributed by atoms with Crippen LogP contribution in [0, 0.1) is 6.92 Å². The van der Waals surface area contributed by atoms with Gasteiger partial charge in [-0.05, 0) is 48.4 Å². The summed E-state index contributed by atoms with van der Waals surface area (Å²) in [6, 6.07) is 23.3. The van der Waals surface area contributed by atoms with E-state index in [2.05, 4.69) is 0 Å². The first-order valence-corrected chi connectivity index (χ1v) is 9.99. The van der Waals surface area contributed by atoms with Gasteiger partial charge < -0.3 is 4.74 Å². The zero-order valence-corrected chi connectivity index (χ0v) is 16.6. The van der Waals surface area contributed by atoms with Crippen molar-refractivity contribution < 1.29 is 4.74 Å². The van der Waals surface area contributed by atoms with Crippen molar-refractivity contribution in [2.75, 3.05) is 7.11 Å². The number of rotatable bonds is 5. The van der Waals surface area contributed by atoms with Gasteiger partial charge in [0.25, 0.3) is 5.56 Å². The third-order valence-corrected chi connectivity index (χ3v) is 5.64. The van der Waals surface area contributed by atoms with Crippen LogP contribution in [0.1, 0.15) is 11.1 Å². The molecule has 0 aliphatic carbocycles. The SMILES string of the molecule is COc1ccc(CSc2nc3ccccc3c(=O)n2-c2ccccc2C)cc1. The van der Waals surface area contributed by atoms with Gasteiger partial charge in [0.1, 0.15) is 5.75 Å². The summed E-state index contributed by atoms with van der Waals surface area (Å²) < 4.78 is 6.95. The lowest BCUT2D eigenvalue weighted by atomic mass is 10.2. The quantitative estimate of drug-likeness (QED) is 0.357. The molecule has 0 aliphatic rings. The Hall–Kier alpha value is -3.05. The number of hydrogen-bond acceptors (Lipinski definition) is 4. The van der Waals surface area contributed by atoms with Crippen molar-refractivity contribution in [3.63, 3.8) is 0 Å². The predicted octanol–water partition coefficient (Wildman–Crippen LogP) is 5.00. The fourth-order valence-corrected chi connectivity index (χ4v) is 4.07. The highest BCUT2D eigenvalue weighted by Gasteiger charge is 2.14. The molecule has 3 aromatic carbocycles. The van der Waals surface area contributed by atoms with Gasteiger partial charge in [-0.15, -0.1) is 0 Å². The van der Waals surface area contributed by atoms with E-state index in [0.717, 1.165) is 28.1 Å². The van der Waals surface area contributed by atoms with Gasteiger partial charge in [-0.25, -0.2) is 4.98 Å². The van der Waals surface area contributed by atoms with E-state index in [9.17, 15) is 4.79 Å². The second-order valence-corrected chi connectivity index (χ2v) is 7.42. The van der Waals surface area contributed by atoms with E-state index in [4.69, 9.17) is 9.72 Å². The molecule has 0 bridgehead atoms. The molecule has 4 nitrogen and oxygen atoms in total. The molecule has 0 spiro atoms. The van der Waals surface area contributed by atoms with E-state index in [0.29, 0.717) is 16.3 Å². The Labute approximate surface area is 167 Å². The van der Waals surface area contributed by atoms with Crippen LogP contribution in [0.15, 0.2) is 82.7 Å². The highest BCUT2D eigenvalue weighted by Crippen LogP contribution is 2.26. The summed E-state index contributed by atoms with van der Waals surface area (Å²) in [4.78, 5) is 18.1. The van der Waals surface area contributed by atoms with Crippen LogP contribution in [-0.2, 0) is 5.75 Å². The summed E-state index contributed by atoms with van der Waals surface area (Å²) in [7, 11) is 1.66. The Morgan fingerprint density at radius 2 is 1.68 bits per heavy atom.